The number of carbonyl (C=O) groups excluding carboxylic acids is 2. The maximum Gasteiger partial charge on any atom is 0.195 e. The summed E-state index contributed by atoms with van der Waals surface area (Å²) in [6, 6.07) is 11.7. The van der Waals surface area contributed by atoms with Crippen LogP contribution in [0.2, 0.25) is 0 Å². The molecule has 0 amide bonds. The Labute approximate surface area is 248 Å². The van der Waals surface area contributed by atoms with Gasteiger partial charge < -0.3 is 14.2 Å². The lowest BCUT2D eigenvalue weighted by atomic mass is 9.86. The zero-order valence-corrected chi connectivity index (χ0v) is 24.3. The molecule has 4 rings (SSSR count). The van der Waals surface area contributed by atoms with Gasteiger partial charge in [-0.25, -0.2) is 17.6 Å². The topological polar surface area (TPSA) is 61.8 Å². The molecule has 228 valence electrons. The van der Waals surface area contributed by atoms with Crippen molar-refractivity contribution in [1.29, 1.82) is 0 Å². The smallest absolute Gasteiger partial charge is 0.195 e. The number of benzene rings is 3. The Morgan fingerprint density at radius 2 is 1.63 bits per heavy atom. The number of unbranched alkanes of at least 4 members (excludes halogenated alkanes) is 1. The van der Waals surface area contributed by atoms with E-state index in [1.54, 1.807) is 36.4 Å². The third-order valence-electron chi connectivity index (χ3n) is 7.32. The van der Waals surface area contributed by atoms with Gasteiger partial charge in [0.05, 0.1) is 18.8 Å². The molecule has 5 nitrogen and oxygen atoms in total. The lowest BCUT2D eigenvalue weighted by Gasteiger charge is -2.21. The third kappa shape index (κ3) is 7.90. The summed E-state index contributed by atoms with van der Waals surface area (Å²) in [4.78, 5) is 26.1. The van der Waals surface area contributed by atoms with Crippen molar-refractivity contribution >= 4 is 11.6 Å². The molecule has 43 heavy (non-hydrogen) atoms. The molecule has 0 aliphatic heterocycles. The SMILES string of the molecule is COc1c(OCC(=O)CCCCOC(C)C)cccc1C1CC(c2ccc(F)cc2)C=C1C(=O)c1c(F)cc(F)cc1F. The van der Waals surface area contributed by atoms with Crippen molar-refractivity contribution in [2.75, 3.05) is 20.3 Å². The second-order valence-corrected chi connectivity index (χ2v) is 10.7. The maximum atomic E-state index is 14.7. The first-order chi connectivity index (χ1) is 20.6. The van der Waals surface area contributed by atoms with E-state index in [0.29, 0.717) is 49.1 Å². The predicted octanol–water partition coefficient (Wildman–Crippen LogP) is 7.88. The summed E-state index contributed by atoms with van der Waals surface area (Å²) < 4.78 is 73.7. The molecular formula is C34H34F4O5. The molecule has 0 saturated heterocycles. The van der Waals surface area contributed by atoms with Gasteiger partial charge in [-0.1, -0.05) is 30.3 Å². The molecule has 1 aliphatic carbocycles. The minimum absolute atomic E-state index is 0.0777. The van der Waals surface area contributed by atoms with Gasteiger partial charge in [0.25, 0.3) is 0 Å². The van der Waals surface area contributed by atoms with Crippen molar-refractivity contribution in [2.24, 2.45) is 0 Å². The predicted molar refractivity (Wildman–Crippen MR) is 154 cm³/mol. The molecule has 1 aliphatic rings. The van der Waals surface area contributed by atoms with Crippen molar-refractivity contribution in [3.8, 4) is 11.5 Å². The molecule has 0 heterocycles. The monoisotopic (exact) mass is 598 g/mol. The lowest BCUT2D eigenvalue weighted by molar-refractivity contribution is -0.121. The van der Waals surface area contributed by atoms with E-state index < -0.39 is 46.5 Å². The van der Waals surface area contributed by atoms with Crippen LogP contribution in [0.4, 0.5) is 17.6 Å². The van der Waals surface area contributed by atoms with E-state index in [9.17, 15) is 27.2 Å². The maximum absolute atomic E-state index is 14.7. The summed E-state index contributed by atoms with van der Waals surface area (Å²) in [6.45, 7) is 4.27. The molecule has 0 aromatic heterocycles. The highest BCUT2D eigenvalue weighted by Crippen LogP contribution is 2.49. The van der Waals surface area contributed by atoms with Gasteiger partial charge in [0.2, 0.25) is 0 Å². The minimum Gasteiger partial charge on any atom is -0.493 e. The minimum atomic E-state index is -1.31. The van der Waals surface area contributed by atoms with Crippen LogP contribution in [-0.2, 0) is 9.53 Å². The number of allylic oxidation sites excluding steroid dienone is 2. The highest BCUT2D eigenvalue weighted by Gasteiger charge is 2.37. The summed E-state index contributed by atoms with van der Waals surface area (Å²) >= 11 is 0. The number of ketones is 2. The van der Waals surface area contributed by atoms with Gasteiger partial charge in [-0.15, -0.1) is 0 Å². The average Bonchev–Trinajstić information content (AvgIpc) is 3.40. The summed E-state index contributed by atoms with van der Waals surface area (Å²) in [5, 5.41) is 0. The number of hydrogen-bond donors (Lipinski definition) is 0. The molecule has 0 fully saturated rings. The number of para-hydroxylation sites is 1. The summed E-state index contributed by atoms with van der Waals surface area (Å²) in [5.41, 5.74) is 0.414. The Kier molecular flexibility index (Phi) is 10.7. The van der Waals surface area contributed by atoms with Crippen molar-refractivity contribution in [3.63, 3.8) is 0 Å². The molecular weight excluding hydrogens is 564 g/mol. The van der Waals surface area contributed by atoms with Gasteiger partial charge in [0.1, 0.15) is 29.9 Å². The molecule has 0 spiro atoms. The summed E-state index contributed by atoms with van der Waals surface area (Å²) in [6.07, 6.45) is 3.76. The van der Waals surface area contributed by atoms with Crippen LogP contribution < -0.4 is 9.47 Å². The van der Waals surface area contributed by atoms with Crippen molar-refractivity contribution < 1.29 is 41.4 Å². The standard InChI is InChI=1S/C34H34F4O5/c1-20(2)42-14-5-4-7-25(39)19-43-31-9-6-8-26(34(31)41-3)27-15-22(21-10-12-23(35)13-11-21)16-28(27)33(40)32-29(37)17-24(36)18-30(32)38/h6,8-13,16-18,20,22,27H,4-5,7,14-15,19H2,1-3H3. The van der Waals surface area contributed by atoms with E-state index in [4.69, 9.17) is 14.2 Å². The van der Waals surface area contributed by atoms with Crippen LogP contribution in [0, 0.1) is 23.3 Å². The first-order valence-corrected chi connectivity index (χ1v) is 14.2. The number of hydrogen-bond acceptors (Lipinski definition) is 5. The molecule has 9 heteroatoms. The molecule has 0 N–H and O–H groups in total. The van der Waals surface area contributed by atoms with Crippen molar-refractivity contribution in [2.45, 2.75) is 57.5 Å². The van der Waals surface area contributed by atoms with E-state index in [-0.39, 0.29) is 35.6 Å². The zero-order valence-electron chi connectivity index (χ0n) is 24.3. The normalized spacial score (nSPS) is 16.3. The van der Waals surface area contributed by atoms with Gasteiger partial charge >= 0.3 is 0 Å². The second-order valence-electron chi connectivity index (χ2n) is 10.7. The second kappa shape index (κ2) is 14.5. The van der Waals surface area contributed by atoms with Crippen LogP contribution in [0.5, 0.6) is 11.5 Å². The number of Topliss-reactive ketones (excluding diaryl/α,β-unsaturated/α-hetero) is 2. The Balaban J connectivity index is 1.61. The van der Waals surface area contributed by atoms with Gasteiger partial charge in [-0.05, 0) is 56.9 Å². The van der Waals surface area contributed by atoms with Gasteiger partial charge in [-0.2, -0.15) is 0 Å². The molecule has 0 radical (unpaired) electrons. The molecule has 0 saturated carbocycles. The number of rotatable bonds is 14. The van der Waals surface area contributed by atoms with Crippen LogP contribution in [0.1, 0.15) is 72.9 Å². The molecule has 2 atom stereocenters. The number of methoxy groups -OCH3 is 1. The molecule has 3 aromatic rings. The van der Waals surface area contributed by atoms with Gasteiger partial charge in [-0.3, -0.25) is 9.59 Å². The zero-order chi connectivity index (χ0) is 31.1. The highest BCUT2D eigenvalue weighted by molar-refractivity contribution is 6.10. The Hall–Kier alpha value is -3.98. The number of halogens is 4. The van der Waals surface area contributed by atoms with Gasteiger partial charge in [0.15, 0.2) is 23.1 Å². The first-order valence-electron chi connectivity index (χ1n) is 14.2. The van der Waals surface area contributed by atoms with Crippen molar-refractivity contribution in [1.82, 2.24) is 0 Å². The fourth-order valence-electron chi connectivity index (χ4n) is 5.27. The largest absolute Gasteiger partial charge is 0.493 e. The van der Waals surface area contributed by atoms with Gasteiger partial charge in [0, 0.05) is 48.1 Å². The highest BCUT2D eigenvalue weighted by atomic mass is 19.1. The Morgan fingerprint density at radius 1 is 0.930 bits per heavy atom. The van der Waals surface area contributed by atoms with E-state index in [0.717, 1.165) is 6.42 Å². The fourth-order valence-corrected chi connectivity index (χ4v) is 5.27. The fraction of sp³-hybridized carbons (Fsp3) is 0.353. The number of ether oxygens (including phenoxy) is 3. The molecule has 0 bridgehead atoms. The quantitative estimate of drug-likeness (QED) is 0.107. The lowest BCUT2D eigenvalue weighted by Crippen LogP contribution is -2.15. The van der Waals surface area contributed by atoms with Crippen molar-refractivity contribution in [3.05, 3.63) is 106 Å². The molecule has 3 aromatic carbocycles. The first kappa shape index (κ1) is 31.9. The van der Waals surface area contributed by atoms with E-state index >= 15 is 0 Å². The van der Waals surface area contributed by atoms with E-state index in [1.807, 2.05) is 13.8 Å². The molecule has 2 unspecified atom stereocenters. The Bertz CT molecular complexity index is 1460. The third-order valence-corrected chi connectivity index (χ3v) is 7.32. The average molecular weight is 599 g/mol. The van der Waals surface area contributed by atoms with Crippen LogP contribution in [0.25, 0.3) is 0 Å². The van der Waals surface area contributed by atoms with E-state index in [1.165, 1.54) is 19.2 Å². The van der Waals surface area contributed by atoms with Crippen LogP contribution in [0.15, 0.2) is 66.2 Å². The van der Waals surface area contributed by atoms with Crippen LogP contribution in [0.3, 0.4) is 0 Å². The van der Waals surface area contributed by atoms with Crippen LogP contribution >= 0.6 is 0 Å². The van der Waals surface area contributed by atoms with Crippen LogP contribution in [-0.4, -0.2) is 38.0 Å². The Morgan fingerprint density at radius 3 is 2.28 bits per heavy atom. The number of carbonyl (C=O) groups is 2. The summed E-state index contributed by atoms with van der Waals surface area (Å²) in [5.74, 6) is -5.81. The summed E-state index contributed by atoms with van der Waals surface area (Å²) in [7, 11) is 1.42. The van der Waals surface area contributed by atoms with E-state index in [2.05, 4.69) is 0 Å².